The molecule has 0 radical (unpaired) electrons. The van der Waals surface area contributed by atoms with Gasteiger partial charge in [-0.05, 0) is 62.8 Å². The van der Waals surface area contributed by atoms with Crippen molar-refractivity contribution in [3.8, 4) is 0 Å². The van der Waals surface area contributed by atoms with Crippen molar-refractivity contribution in [2.45, 2.75) is 51.6 Å². The van der Waals surface area contributed by atoms with Crippen molar-refractivity contribution >= 4 is 5.91 Å². The molecule has 3 heteroatoms. The Morgan fingerprint density at radius 2 is 1.95 bits per heavy atom. The van der Waals surface area contributed by atoms with Crippen molar-refractivity contribution in [1.29, 1.82) is 0 Å². The molecule has 0 spiro atoms. The molecule has 1 amide bonds. The van der Waals surface area contributed by atoms with E-state index >= 15 is 0 Å². The van der Waals surface area contributed by atoms with Gasteiger partial charge in [0.05, 0.1) is 0 Å². The molecule has 2 aliphatic rings. The summed E-state index contributed by atoms with van der Waals surface area (Å²) in [5.41, 5.74) is 3.69. The molecule has 2 unspecified atom stereocenters. The first-order valence-electron chi connectivity index (χ1n) is 7.83. The summed E-state index contributed by atoms with van der Waals surface area (Å²) >= 11 is 0. The van der Waals surface area contributed by atoms with Crippen LogP contribution in [-0.4, -0.2) is 36.0 Å². The molecule has 0 bridgehead atoms. The SMILES string of the molecule is CC1NCCN(C(=O)c2ccc3c(c2)CCCC3)C1C. The summed E-state index contributed by atoms with van der Waals surface area (Å²) in [5, 5.41) is 3.42. The average molecular weight is 272 g/mol. The first-order chi connectivity index (χ1) is 9.66. The van der Waals surface area contributed by atoms with Crippen LogP contribution < -0.4 is 5.32 Å². The maximum atomic E-state index is 12.7. The number of nitrogens with one attached hydrogen (secondary N) is 1. The van der Waals surface area contributed by atoms with Crippen molar-refractivity contribution < 1.29 is 4.79 Å². The van der Waals surface area contributed by atoms with Gasteiger partial charge in [-0.15, -0.1) is 0 Å². The predicted molar refractivity (Wildman–Crippen MR) is 81.0 cm³/mol. The maximum absolute atomic E-state index is 12.7. The van der Waals surface area contributed by atoms with Gasteiger partial charge in [0.1, 0.15) is 0 Å². The molecule has 3 nitrogen and oxygen atoms in total. The van der Waals surface area contributed by atoms with E-state index in [2.05, 4.69) is 31.3 Å². The quantitative estimate of drug-likeness (QED) is 0.851. The van der Waals surface area contributed by atoms with E-state index in [4.69, 9.17) is 0 Å². The molecular formula is C17H24N2O. The van der Waals surface area contributed by atoms with Crippen LogP contribution >= 0.6 is 0 Å². The molecule has 108 valence electrons. The number of benzene rings is 1. The third-order valence-corrected chi connectivity index (χ3v) is 4.89. The lowest BCUT2D eigenvalue weighted by molar-refractivity contribution is 0.0603. The number of piperazine rings is 1. The van der Waals surface area contributed by atoms with Gasteiger partial charge in [-0.2, -0.15) is 0 Å². The fraction of sp³-hybridized carbons (Fsp3) is 0.588. The minimum atomic E-state index is 0.194. The number of nitrogens with zero attached hydrogens (tertiary/aromatic N) is 1. The van der Waals surface area contributed by atoms with Crippen molar-refractivity contribution in [3.05, 3.63) is 34.9 Å². The van der Waals surface area contributed by atoms with E-state index < -0.39 is 0 Å². The lowest BCUT2D eigenvalue weighted by atomic mass is 9.90. The number of carbonyl (C=O) groups is 1. The van der Waals surface area contributed by atoms with Gasteiger partial charge in [-0.3, -0.25) is 4.79 Å². The summed E-state index contributed by atoms with van der Waals surface area (Å²) in [4.78, 5) is 14.8. The van der Waals surface area contributed by atoms with Crippen LogP contribution in [0.1, 0.15) is 48.2 Å². The van der Waals surface area contributed by atoms with Gasteiger partial charge in [0.25, 0.3) is 5.91 Å². The zero-order valence-corrected chi connectivity index (χ0v) is 12.5. The largest absolute Gasteiger partial charge is 0.333 e. The second-order valence-corrected chi connectivity index (χ2v) is 6.17. The molecule has 3 rings (SSSR count). The molecule has 1 aromatic carbocycles. The number of hydrogen-bond donors (Lipinski definition) is 1. The van der Waals surface area contributed by atoms with Crippen LogP contribution in [0.2, 0.25) is 0 Å². The van der Waals surface area contributed by atoms with Gasteiger partial charge < -0.3 is 10.2 Å². The Labute approximate surface area is 121 Å². The van der Waals surface area contributed by atoms with Gasteiger partial charge in [-0.1, -0.05) is 6.07 Å². The molecule has 1 aromatic rings. The lowest BCUT2D eigenvalue weighted by Crippen LogP contribution is -2.57. The minimum Gasteiger partial charge on any atom is -0.333 e. The van der Waals surface area contributed by atoms with E-state index in [0.29, 0.717) is 6.04 Å². The van der Waals surface area contributed by atoms with Gasteiger partial charge in [0.2, 0.25) is 0 Å². The fourth-order valence-electron chi connectivity index (χ4n) is 3.38. The monoisotopic (exact) mass is 272 g/mol. The van der Waals surface area contributed by atoms with Crippen LogP contribution in [0, 0.1) is 0 Å². The summed E-state index contributed by atoms with van der Waals surface area (Å²) in [7, 11) is 0. The van der Waals surface area contributed by atoms with E-state index in [1.807, 2.05) is 11.0 Å². The second-order valence-electron chi connectivity index (χ2n) is 6.17. The molecular weight excluding hydrogens is 248 g/mol. The van der Waals surface area contributed by atoms with E-state index in [1.165, 1.54) is 30.4 Å². The zero-order valence-electron chi connectivity index (χ0n) is 12.5. The smallest absolute Gasteiger partial charge is 0.254 e. The molecule has 1 saturated heterocycles. The fourth-order valence-corrected chi connectivity index (χ4v) is 3.38. The van der Waals surface area contributed by atoms with Crippen LogP contribution in [0.4, 0.5) is 0 Å². The Kier molecular flexibility index (Phi) is 3.79. The number of aryl methyl sites for hydroxylation is 2. The summed E-state index contributed by atoms with van der Waals surface area (Å²) in [6.07, 6.45) is 4.84. The van der Waals surface area contributed by atoms with Crippen LogP contribution in [0.25, 0.3) is 0 Å². The number of hydrogen-bond acceptors (Lipinski definition) is 2. The Hall–Kier alpha value is -1.35. The lowest BCUT2D eigenvalue weighted by Gasteiger charge is -2.38. The van der Waals surface area contributed by atoms with Crippen LogP contribution in [0.3, 0.4) is 0 Å². The molecule has 1 aliphatic carbocycles. The molecule has 1 fully saturated rings. The Morgan fingerprint density at radius 3 is 2.75 bits per heavy atom. The molecule has 20 heavy (non-hydrogen) atoms. The molecule has 0 aromatic heterocycles. The summed E-state index contributed by atoms with van der Waals surface area (Å²) in [5.74, 6) is 0.194. The van der Waals surface area contributed by atoms with Gasteiger partial charge in [0, 0.05) is 30.7 Å². The van der Waals surface area contributed by atoms with Crippen molar-refractivity contribution in [2.24, 2.45) is 0 Å². The first kappa shape index (κ1) is 13.6. The van der Waals surface area contributed by atoms with Gasteiger partial charge in [-0.25, -0.2) is 0 Å². The van der Waals surface area contributed by atoms with E-state index in [0.717, 1.165) is 25.1 Å². The molecule has 2 atom stereocenters. The highest BCUT2D eigenvalue weighted by Gasteiger charge is 2.29. The van der Waals surface area contributed by atoms with Crippen LogP contribution in [0.15, 0.2) is 18.2 Å². The maximum Gasteiger partial charge on any atom is 0.254 e. The Bertz CT molecular complexity index is 512. The Balaban J connectivity index is 1.83. The van der Waals surface area contributed by atoms with E-state index in [1.54, 1.807) is 0 Å². The molecule has 1 N–H and O–H groups in total. The van der Waals surface area contributed by atoms with Crippen molar-refractivity contribution in [2.75, 3.05) is 13.1 Å². The highest BCUT2D eigenvalue weighted by Crippen LogP contribution is 2.23. The van der Waals surface area contributed by atoms with Crippen molar-refractivity contribution in [3.63, 3.8) is 0 Å². The van der Waals surface area contributed by atoms with E-state index in [-0.39, 0.29) is 11.9 Å². The van der Waals surface area contributed by atoms with E-state index in [9.17, 15) is 4.79 Å². The molecule has 1 heterocycles. The predicted octanol–water partition coefficient (Wildman–Crippen LogP) is 2.39. The topological polar surface area (TPSA) is 32.3 Å². The van der Waals surface area contributed by atoms with Gasteiger partial charge in [0.15, 0.2) is 0 Å². The third-order valence-electron chi connectivity index (χ3n) is 4.89. The van der Waals surface area contributed by atoms with Crippen LogP contribution in [0.5, 0.6) is 0 Å². The minimum absolute atomic E-state index is 0.194. The summed E-state index contributed by atoms with van der Waals surface area (Å²) in [6, 6.07) is 6.94. The number of carbonyl (C=O) groups excluding carboxylic acids is 1. The zero-order chi connectivity index (χ0) is 14.1. The number of fused-ring (bicyclic) bond motifs is 1. The first-order valence-corrected chi connectivity index (χ1v) is 7.83. The normalized spacial score (nSPS) is 26.2. The number of rotatable bonds is 1. The van der Waals surface area contributed by atoms with Crippen molar-refractivity contribution in [1.82, 2.24) is 10.2 Å². The highest BCUT2D eigenvalue weighted by atomic mass is 16.2. The number of amides is 1. The average Bonchev–Trinajstić information content (AvgIpc) is 2.49. The third kappa shape index (κ3) is 2.47. The van der Waals surface area contributed by atoms with Crippen LogP contribution in [-0.2, 0) is 12.8 Å². The standard InChI is InChI=1S/C17H24N2O/c1-12-13(2)19(10-9-18-12)17(20)16-8-7-14-5-3-4-6-15(14)11-16/h7-8,11-13,18H,3-6,9-10H2,1-2H3. The summed E-state index contributed by atoms with van der Waals surface area (Å²) in [6.45, 7) is 5.98. The second kappa shape index (κ2) is 5.57. The molecule has 1 aliphatic heterocycles. The van der Waals surface area contributed by atoms with Gasteiger partial charge >= 0.3 is 0 Å². The summed E-state index contributed by atoms with van der Waals surface area (Å²) < 4.78 is 0. The highest BCUT2D eigenvalue weighted by molar-refractivity contribution is 5.94. The molecule has 0 saturated carbocycles. The Morgan fingerprint density at radius 1 is 1.20 bits per heavy atom.